The van der Waals surface area contributed by atoms with Gasteiger partial charge < -0.3 is 10.2 Å². The standard InChI is InChI=1S/C19H21N3O/c23-19(14-7-2-1-3-8-14)22-13-15-9-6-12-20-18(15)21-16-10-4-5-11-17(16)22/h4-6,9-12,14H,1-3,7-8,13H2,(H,20,21). The summed E-state index contributed by atoms with van der Waals surface area (Å²) in [5, 5.41) is 3.39. The Morgan fingerprint density at radius 3 is 2.78 bits per heavy atom. The first kappa shape index (κ1) is 14.2. The van der Waals surface area contributed by atoms with Crippen LogP contribution in [0.1, 0.15) is 37.7 Å². The van der Waals surface area contributed by atoms with Crippen molar-refractivity contribution < 1.29 is 4.79 Å². The summed E-state index contributed by atoms with van der Waals surface area (Å²) < 4.78 is 0. The molecule has 0 saturated heterocycles. The Morgan fingerprint density at radius 1 is 1.09 bits per heavy atom. The summed E-state index contributed by atoms with van der Waals surface area (Å²) in [6, 6.07) is 12.0. The van der Waals surface area contributed by atoms with E-state index in [-0.39, 0.29) is 11.8 Å². The largest absolute Gasteiger partial charge is 0.338 e. The molecule has 118 valence electrons. The van der Waals surface area contributed by atoms with Gasteiger partial charge in [0.2, 0.25) is 5.91 Å². The first-order valence-corrected chi connectivity index (χ1v) is 8.44. The van der Waals surface area contributed by atoms with Crippen molar-refractivity contribution in [2.45, 2.75) is 38.6 Å². The second-order valence-electron chi connectivity index (χ2n) is 6.41. The zero-order chi connectivity index (χ0) is 15.6. The number of hydrogen-bond donors (Lipinski definition) is 1. The fraction of sp³-hybridized carbons (Fsp3) is 0.368. The van der Waals surface area contributed by atoms with E-state index < -0.39 is 0 Å². The zero-order valence-corrected chi connectivity index (χ0v) is 13.2. The van der Waals surface area contributed by atoms with Gasteiger partial charge in [-0.2, -0.15) is 0 Å². The van der Waals surface area contributed by atoms with Crippen molar-refractivity contribution in [1.29, 1.82) is 0 Å². The first-order valence-electron chi connectivity index (χ1n) is 8.44. The van der Waals surface area contributed by atoms with Crippen molar-refractivity contribution in [3.63, 3.8) is 0 Å². The number of anilines is 3. The van der Waals surface area contributed by atoms with Gasteiger partial charge in [0.15, 0.2) is 0 Å². The molecule has 1 aromatic heterocycles. The third-order valence-corrected chi connectivity index (χ3v) is 4.89. The van der Waals surface area contributed by atoms with E-state index in [1.54, 1.807) is 6.20 Å². The van der Waals surface area contributed by atoms with Gasteiger partial charge in [-0.05, 0) is 31.0 Å². The van der Waals surface area contributed by atoms with Gasteiger partial charge in [-0.15, -0.1) is 0 Å². The number of aromatic nitrogens is 1. The lowest BCUT2D eigenvalue weighted by Crippen LogP contribution is -2.36. The summed E-state index contributed by atoms with van der Waals surface area (Å²) in [5.74, 6) is 1.27. The molecule has 1 fully saturated rings. The summed E-state index contributed by atoms with van der Waals surface area (Å²) in [6.07, 6.45) is 7.42. The molecule has 4 nitrogen and oxygen atoms in total. The van der Waals surface area contributed by atoms with Crippen LogP contribution in [-0.2, 0) is 11.3 Å². The van der Waals surface area contributed by atoms with Gasteiger partial charge >= 0.3 is 0 Å². The molecule has 0 unspecified atom stereocenters. The predicted molar refractivity (Wildman–Crippen MR) is 91.7 cm³/mol. The van der Waals surface area contributed by atoms with Crippen molar-refractivity contribution in [3.05, 3.63) is 48.2 Å². The number of carbonyl (C=O) groups is 1. The number of para-hydroxylation sites is 2. The molecule has 4 rings (SSSR count). The number of carbonyl (C=O) groups excluding carboxylic acids is 1. The summed E-state index contributed by atoms with van der Waals surface area (Å²) in [4.78, 5) is 19.5. The van der Waals surface area contributed by atoms with Crippen molar-refractivity contribution in [2.24, 2.45) is 5.92 Å². The Bertz CT molecular complexity index is 722. The third kappa shape index (κ3) is 2.69. The van der Waals surface area contributed by atoms with E-state index in [2.05, 4.69) is 10.3 Å². The average molecular weight is 307 g/mol. The molecule has 1 N–H and O–H groups in total. The Kier molecular flexibility index (Phi) is 3.74. The summed E-state index contributed by atoms with van der Waals surface area (Å²) in [6.45, 7) is 0.586. The van der Waals surface area contributed by atoms with Crippen molar-refractivity contribution in [1.82, 2.24) is 4.98 Å². The molecular formula is C19H21N3O. The van der Waals surface area contributed by atoms with Crippen molar-refractivity contribution in [2.75, 3.05) is 10.2 Å². The highest BCUT2D eigenvalue weighted by Gasteiger charge is 2.30. The highest BCUT2D eigenvalue weighted by atomic mass is 16.2. The summed E-state index contributed by atoms with van der Waals surface area (Å²) >= 11 is 0. The number of amides is 1. The summed E-state index contributed by atoms with van der Waals surface area (Å²) in [5.41, 5.74) is 2.98. The normalized spacial score (nSPS) is 17.7. The minimum absolute atomic E-state index is 0.162. The van der Waals surface area contributed by atoms with E-state index in [0.29, 0.717) is 6.54 Å². The second-order valence-corrected chi connectivity index (χ2v) is 6.41. The van der Waals surface area contributed by atoms with Gasteiger partial charge in [-0.1, -0.05) is 37.5 Å². The molecule has 1 amide bonds. The van der Waals surface area contributed by atoms with Crippen LogP contribution in [0, 0.1) is 5.92 Å². The number of nitrogens with one attached hydrogen (secondary N) is 1. The van der Waals surface area contributed by atoms with Gasteiger partial charge in [-0.25, -0.2) is 4.98 Å². The number of nitrogens with zero attached hydrogens (tertiary/aromatic N) is 2. The summed E-state index contributed by atoms with van der Waals surface area (Å²) in [7, 11) is 0. The van der Waals surface area contributed by atoms with Crippen LogP contribution in [0.3, 0.4) is 0 Å². The molecular weight excluding hydrogens is 286 g/mol. The Hall–Kier alpha value is -2.36. The zero-order valence-electron chi connectivity index (χ0n) is 13.2. The SMILES string of the molecule is O=C(C1CCCCC1)N1Cc2cccnc2Nc2ccccc21. The maximum atomic E-state index is 13.2. The topological polar surface area (TPSA) is 45.2 Å². The number of fused-ring (bicyclic) bond motifs is 2. The quantitative estimate of drug-likeness (QED) is 0.856. The number of hydrogen-bond acceptors (Lipinski definition) is 3. The van der Waals surface area contributed by atoms with Crippen LogP contribution in [0.25, 0.3) is 0 Å². The van der Waals surface area contributed by atoms with Crippen molar-refractivity contribution >= 4 is 23.1 Å². The Labute approximate surface area is 136 Å². The fourth-order valence-corrected chi connectivity index (χ4v) is 3.64. The fourth-order valence-electron chi connectivity index (χ4n) is 3.64. The van der Waals surface area contributed by atoms with Gasteiger partial charge in [0.05, 0.1) is 17.9 Å². The molecule has 1 aliphatic heterocycles. The maximum Gasteiger partial charge on any atom is 0.230 e. The van der Waals surface area contributed by atoms with Crippen LogP contribution in [0.2, 0.25) is 0 Å². The number of pyridine rings is 1. The molecule has 1 saturated carbocycles. The molecule has 0 bridgehead atoms. The molecule has 0 spiro atoms. The number of rotatable bonds is 1. The molecule has 23 heavy (non-hydrogen) atoms. The monoisotopic (exact) mass is 307 g/mol. The van der Waals surface area contributed by atoms with Crippen LogP contribution >= 0.6 is 0 Å². The first-order chi connectivity index (χ1) is 11.3. The van der Waals surface area contributed by atoms with Crippen LogP contribution in [0.15, 0.2) is 42.6 Å². The molecule has 4 heteroatoms. The highest BCUT2D eigenvalue weighted by Crippen LogP contribution is 2.37. The third-order valence-electron chi connectivity index (χ3n) is 4.89. The van der Waals surface area contributed by atoms with Crippen LogP contribution in [-0.4, -0.2) is 10.9 Å². The van der Waals surface area contributed by atoms with E-state index in [9.17, 15) is 4.79 Å². The minimum atomic E-state index is 0.162. The molecule has 2 heterocycles. The molecule has 2 aromatic rings. The lowest BCUT2D eigenvalue weighted by Gasteiger charge is -2.29. The van der Waals surface area contributed by atoms with Crippen LogP contribution in [0.5, 0.6) is 0 Å². The lowest BCUT2D eigenvalue weighted by molar-refractivity contribution is -0.123. The van der Waals surface area contributed by atoms with Gasteiger partial charge in [0.1, 0.15) is 5.82 Å². The van der Waals surface area contributed by atoms with Gasteiger partial charge in [-0.3, -0.25) is 4.79 Å². The molecule has 1 aromatic carbocycles. The minimum Gasteiger partial charge on any atom is -0.338 e. The Balaban J connectivity index is 1.74. The predicted octanol–water partition coefficient (Wildman–Crippen LogP) is 4.25. The van der Waals surface area contributed by atoms with E-state index in [1.807, 2.05) is 41.3 Å². The van der Waals surface area contributed by atoms with Gasteiger partial charge in [0.25, 0.3) is 0 Å². The Morgan fingerprint density at radius 2 is 1.91 bits per heavy atom. The van der Waals surface area contributed by atoms with E-state index in [4.69, 9.17) is 0 Å². The molecule has 1 aliphatic carbocycles. The van der Waals surface area contributed by atoms with Crippen LogP contribution < -0.4 is 10.2 Å². The van der Waals surface area contributed by atoms with Crippen molar-refractivity contribution in [3.8, 4) is 0 Å². The average Bonchev–Trinajstić information content (AvgIpc) is 2.78. The van der Waals surface area contributed by atoms with E-state index in [1.165, 1.54) is 19.3 Å². The highest BCUT2D eigenvalue weighted by molar-refractivity contribution is 5.99. The smallest absolute Gasteiger partial charge is 0.230 e. The molecule has 2 aliphatic rings. The van der Waals surface area contributed by atoms with E-state index >= 15 is 0 Å². The maximum absolute atomic E-state index is 13.2. The van der Waals surface area contributed by atoms with E-state index in [0.717, 1.165) is 35.6 Å². The molecule has 0 radical (unpaired) electrons. The van der Waals surface area contributed by atoms with Crippen LogP contribution in [0.4, 0.5) is 17.2 Å². The lowest BCUT2D eigenvalue weighted by atomic mass is 9.88. The number of benzene rings is 1. The van der Waals surface area contributed by atoms with Gasteiger partial charge in [0, 0.05) is 17.7 Å². The molecule has 0 atom stereocenters. The second kappa shape index (κ2) is 6.03.